The van der Waals surface area contributed by atoms with Crippen molar-refractivity contribution in [2.45, 2.75) is 6.54 Å². The van der Waals surface area contributed by atoms with Gasteiger partial charge in [0.2, 0.25) is 0 Å². The molecular formula is C9H9ClN2. The molecule has 12 heavy (non-hydrogen) atoms. The highest BCUT2D eigenvalue weighted by molar-refractivity contribution is 6.30. The van der Waals surface area contributed by atoms with Gasteiger partial charge < -0.3 is 4.90 Å². The topological polar surface area (TPSA) is 27.0 Å². The van der Waals surface area contributed by atoms with Gasteiger partial charge in [-0.1, -0.05) is 23.7 Å². The molecule has 0 amide bonds. The Morgan fingerprint density at radius 1 is 1.58 bits per heavy atom. The van der Waals surface area contributed by atoms with Crippen LogP contribution in [0.5, 0.6) is 0 Å². The Bertz CT molecular complexity index is 304. The van der Waals surface area contributed by atoms with E-state index in [4.69, 9.17) is 16.9 Å². The predicted molar refractivity (Wildman–Crippen MR) is 48.5 cm³/mol. The summed E-state index contributed by atoms with van der Waals surface area (Å²) in [5, 5.41) is 9.22. The fourth-order valence-electron chi connectivity index (χ4n) is 0.945. The maximum absolute atomic E-state index is 8.51. The van der Waals surface area contributed by atoms with Crippen LogP contribution in [0.15, 0.2) is 24.3 Å². The van der Waals surface area contributed by atoms with Gasteiger partial charge in [-0.25, -0.2) is 0 Å². The second-order valence-corrected chi connectivity index (χ2v) is 3.02. The van der Waals surface area contributed by atoms with Crippen molar-refractivity contribution in [2.75, 3.05) is 7.05 Å². The Kier molecular flexibility index (Phi) is 2.95. The van der Waals surface area contributed by atoms with E-state index >= 15 is 0 Å². The van der Waals surface area contributed by atoms with Gasteiger partial charge in [0.25, 0.3) is 0 Å². The molecular weight excluding hydrogens is 172 g/mol. The first kappa shape index (κ1) is 8.89. The zero-order chi connectivity index (χ0) is 8.97. The van der Waals surface area contributed by atoms with Gasteiger partial charge in [-0.3, -0.25) is 0 Å². The van der Waals surface area contributed by atoms with E-state index in [-0.39, 0.29) is 0 Å². The van der Waals surface area contributed by atoms with E-state index in [1.165, 1.54) is 0 Å². The van der Waals surface area contributed by atoms with E-state index < -0.39 is 0 Å². The first-order valence-electron chi connectivity index (χ1n) is 3.57. The largest absolute Gasteiger partial charge is 0.309 e. The average Bonchev–Trinajstić information content (AvgIpc) is 2.04. The summed E-state index contributed by atoms with van der Waals surface area (Å²) in [6.07, 6.45) is 2.02. The molecule has 3 heteroatoms. The summed E-state index contributed by atoms with van der Waals surface area (Å²) < 4.78 is 0. The van der Waals surface area contributed by atoms with Gasteiger partial charge in [-0.05, 0) is 17.7 Å². The van der Waals surface area contributed by atoms with Crippen LogP contribution in [0.4, 0.5) is 0 Å². The summed E-state index contributed by atoms with van der Waals surface area (Å²) >= 11 is 5.77. The summed E-state index contributed by atoms with van der Waals surface area (Å²) in [6, 6.07) is 7.50. The highest BCUT2D eigenvalue weighted by Crippen LogP contribution is 2.11. The molecule has 1 aromatic rings. The molecule has 0 N–H and O–H groups in total. The predicted octanol–water partition coefficient (Wildman–Crippen LogP) is 2.25. The molecule has 2 nitrogen and oxygen atoms in total. The number of rotatable bonds is 2. The number of hydrogen-bond donors (Lipinski definition) is 0. The fourth-order valence-corrected chi connectivity index (χ4v) is 1.16. The monoisotopic (exact) mass is 180 g/mol. The van der Waals surface area contributed by atoms with Crippen LogP contribution in [0.3, 0.4) is 0 Å². The lowest BCUT2D eigenvalue weighted by molar-refractivity contribution is 0.469. The molecule has 0 spiro atoms. The van der Waals surface area contributed by atoms with Gasteiger partial charge in [0.05, 0.1) is 6.54 Å². The zero-order valence-corrected chi connectivity index (χ0v) is 7.54. The lowest BCUT2D eigenvalue weighted by atomic mass is 10.2. The second kappa shape index (κ2) is 3.99. The van der Waals surface area contributed by atoms with E-state index in [9.17, 15) is 0 Å². The molecule has 0 heterocycles. The fraction of sp³-hybridized carbons (Fsp3) is 0.222. The second-order valence-electron chi connectivity index (χ2n) is 2.59. The minimum atomic E-state index is 0.608. The van der Waals surface area contributed by atoms with Crippen LogP contribution in [-0.4, -0.2) is 11.9 Å². The first-order chi connectivity index (χ1) is 5.72. The quantitative estimate of drug-likeness (QED) is 0.516. The lowest BCUT2D eigenvalue weighted by Gasteiger charge is -2.07. The van der Waals surface area contributed by atoms with Crippen molar-refractivity contribution in [1.29, 1.82) is 5.26 Å². The first-order valence-corrected chi connectivity index (χ1v) is 3.95. The van der Waals surface area contributed by atoms with Crippen LogP contribution < -0.4 is 0 Å². The highest BCUT2D eigenvalue weighted by Gasteiger charge is 1.96. The van der Waals surface area contributed by atoms with E-state index in [1.54, 1.807) is 11.9 Å². The Hall–Kier alpha value is -1.20. The molecule has 0 aliphatic heterocycles. The molecule has 0 radical (unpaired) electrons. The molecule has 0 atom stereocenters. The van der Waals surface area contributed by atoms with Crippen LogP contribution in [0.2, 0.25) is 5.02 Å². The minimum absolute atomic E-state index is 0.608. The smallest absolute Gasteiger partial charge is 0.179 e. The Morgan fingerprint density at radius 2 is 2.33 bits per heavy atom. The summed E-state index contributed by atoms with van der Waals surface area (Å²) in [6.45, 7) is 0.608. The number of hydrogen-bond acceptors (Lipinski definition) is 2. The van der Waals surface area contributed by atoms with Gasteiger partial charge in [0.1, 0.15) is 0 Å². The Labute approximate surface area is 77.0 Å². The molecule has 0 fully saturated rings. The molecule has 0 aliphatic rings. The normalized spacial score (nSPS) is 9.08. The third-order valence-electron chi connectivity index (χ3n) is 1.48. The van der Waals surface area contributed by atoms with Crippen molar-refractivity contribution in [3.05, 3.63) is 34.9 Å². The standard InChI is InChI=1S/C9H9ClN2/c1-12(7-11)6-8-3-2-4-9(10)5-8/h2-5H,6H2,1H3. The Morgan fingerprint density at radius 3 is 2.92 bits per heavy atom. The van der Waals surface area contributed by atoms with Crippen LogP contribution in [-0.2, 0) is 6.54 Å². The van der Waals surface area contributed by atoms with Crippen molar-refractivity contribution >= 4 is 11.6 Å². The molecule has 1 rings (SSSR count). The average molecular weight is 181 g/mol. The van der Waals surface area contributed by atoms with Crippen molar-refractivity contribution < 1.29 is 0 Å². The summed E-state index contributed by atoms with van der Waals surface area (Å²) in [4.78, 5) is 1.55. The van der Waals surface area contributed by atoms with E-state index in [0.717, 1.165) is 5.56 Å². The van der Waals surface area contributed by atoms with Gasteiger partial charge in [-0.15, -0.1) is 0 Å². The van der Waals surface area contributed by atoms with Gasteiger partial charge in [0.15, 0.2) is 6.19 Å². The van der Waals surface area contributed by atoms with Crippen LogP contribution in [0.25, 0.3) is 0 Å². The SMILES string of the molecule is CN(C#N)Cc1cccc(Cl)c1. The molecule has 0 bridgehead atoms. The van der Waals surface area contributed by atoms with Crippen LogP contribution in [0, 0.1) is 11.5 Å². The molecule has 0 saturated heterocycles. The molecule has 0 aliphatic carbocycles. The molecule has 0 aromatic heterocycles. The maximum atomic E-state index is 8.51. The van der Waals surface area contributed by atoms with Crippen molar-refractivity contribution in [1.82, 2.24) is 4.90 Å². The zero-order valence-electron chi connectivity index (χ0n) is 6.79. The number of benzene rings is 1. The molecule has 0 saturated carbocycles. The van der Waals surface area contributed by atoms with Crippen molar-refractivity contribution in [3.63, 3.8) is 0 Å². The Balaban J connectivity index is 2.71. The molecule has 62 valence electrons. The summed E-state index contributed by atoms with van der Waals surface area (Å²) in [5.41, 5.74) is 1.05. The third-order valence-corrected chi connectivity index (χ3v) is 1.71. The highest BCUT2D eigenvalue weighted by atomic mass is 35.5. The van der Waals surface area contributed by atoms with Crippen LogP contribution >= 0.6 is 11.6 Å². The number of nitrogens with zero attached hydrogens (tertiary/aromatic N) is 2. The van der Waals surface area contributed by atoms with Crippen molar-refractivity contribution in [3.8, 4) is 6.19 Å². The molecule has 0 unspecified atom stereocenters. The van der Waals surface area contributed by atoms with Crippen molar-refractivity contribution in [2.24, 2.45) is 0 Å². The minimum Gasteiger partial charge on any atom is -0.309 e. The maximum Gasteiger partial charge on any atom is 0.179 e. The lowest BCUT2D eigenvalue weighted by Crippen LogP contribution is -2.09. The van der Waals surface area contributed by atoms with Gasteiger partial charge >= 0.3 is 0 Å². The van der Waals surface area contributed by atoms with E-state index in [2.05, 4.69) is 0 Å². The van der Waals surface area contributed by atoms with Crippen LogP contribution in [0.1, 0.15) is 5.56 Å². The van der Waals surface area contributed by atoms with Gasteiger partial charge in [0, 0.05) is 12.1 Å². The number of halogens is 1. The van der Waals surface area contributed by atoms with E-state index in [0.29, 0.717) is 11.6 Å². The summed E-state index contributed by atoms with van der Waals surface area (Å²) in [5.74, 6) is 0. The number of nitriles is 1. The van der Waals surface area contributed by atoms with Gasteiger partial charge in [-0.2, -0.15) is 5.26 Å². The molecule has 1 aromatic carbocycles. The summed E-state index contributed by atoms with van der Waals surface area (Å²) in [7, 11) is 1.74. The third kappa shape index (κ3) is 2.44. The van der Waals surface area contributed by atoms with E-state index in [1.807, 2.05) is 30.5 Å².